The number of ether oxygens (including phenoxy) is 2. The van der Waals surface area contributed by atoms with Crippen LogP contribution in [0.25, 0.3) is 0 Å². The van der Waals surface area contributed by atoms with Gasteiger partial charge in [0.2, 0.25) is 0 Å². The zero-order chi connectivity index (χ0) is 14.5. The van der Waals surface area contributed by atoms with Crippen molar-refractivity contribution in [2.75, 3.05) is 20.3 Å². The van der Waals surface area contributed by atoms with E-state index in [-0.39, 0.29) is 12.7 Å². The molecule has 0 saturated heterocycles. The van der Waals surface area contributed by atoms with Gasteiger partial charge in [-0.1, -0.05) is 12.2 Å². The van der Waals surface area contributed by atoms with Crippen molar-refractivity contribution in [1.82, 2.24) is 0 Å². The number of nitrogens with two attached hydrogens (primary N) is 1. The topological polar surface area (TPSA) is 81.8 Å². The largest absolute Gasteiger partial charge is 0.468 e. The Labute approximate surface area is 115 Å². The monoisotopic (exact) mass is 273 g/mol. The van der Waals surface area contributed by atoms with Gasteiger partial charge in [0, 0.05) is 13.2 Å². The lowest BCUT2D eigenvalue weighted by atomic mass is 10.2. The van der Waals surface area contributed by atoms with Crippen LogP contribution in [0.1, 0.15) is 39.0 Å². The average molecular weight is 273 g/mol. The molecular weight excluding hydrogens is 246 g/mol. The van der Waals surface area contributed by atoms with Crippen LogP contribution in [-0.2, 0) is 14.3 Å². The summed E-state index contributed by atoms with van der Waals surface area (Å²) in [5.41, 5.74) is 5.65. The van der Waals surface area contributed by atoms with Crippen LogP contribution in [0.4, 0.5) is 0 Å². The molecule has 0 aliphatic heterocycles. The van der Waals surface area contributed by atoms with Gasteiger partial charge in [-0.15, -0.1) is 0 Å². The summed E-state index contributed by atoms with van der Waals surface area (Å²) in [6.07, 6.45) is 8.62. The normalized spacial score (nSPS) is 14.5. The number of hydrogen-bond acceptors (Lipinski definition) is 5. The van der Waals surface area contributed by atoms with E-state index in [1.54, 1.807) is 6.92 Å². The standard InChI is InChI=1S/C14H27NO4/c1-12(13(15)14(17)18-2)19-11-9-7-5-3-4-6-8-10-16/h3-4,12-13,16H,5-11,15H2,1-2H3/b4-3-/t12-,13+/m1/s1. The van der Waals surface area contributed by atoms with Crippen molar-refractivity contribution >= 4 is 5.97 Å². The molecule has 0 aromatic heterocycles. The van der Waals surface area contributed by atoms with Crippen molar-refractivity contribution < 1.29 is 19.4 Å². The van der Waals surface area contributed by atoms with Gasteiger partial charge in [-0.05, 0) is 39.0 Å². The Bertz CT molecular complexity index is 256. The van der Waals surface area contributed by atoms with Crippen LogP contribution in [0, 0.1) is 0 Å². The van der Waals surface area contributed by atoms with E-state index in [1.165, 1.54) is 7.11 Å². The molecule has 2 atom stereocenters. The third kappa shape index (κ3) is 9.64. The van der Waals surface area contributed by atoms with Gasteiger partial charge in [-0.2, -0.15) is 0 Å². The molecule has 112 valence electrons. The fourth-order valence-electron chi connectivity index (χ4n) is 1.51. The molecule has 5 heteroatoms. The second-order valence-corrected chi connectivity index (χ2v) is 4.46. The Morgan fingerprint density at radius 3 is 2.47 bits per heavy atom. The van der Waals surface area contributed by atoms with E-state index in [4.69, 9.17) is 15.6 Å². The van der Waals surface area contributed by atoms with Gasteiger partial charge in [0.05, 0.1) is 13.2 Å². The minimum Gasteiger partial charge on any atom is -0.468 e. The van der Waals surface area contributed by atoms with Gasteiger partial charge in [0.25, 0.3) is 0 Å². The van der Waals surface area contributed by atoms with Crippen molar-refractivity contribution in [3.05, 3.63) is 12.2 Å². The van der Waals surface area contributed by atoms with Gasteiger partial charge in [0.1, 0.15) is 6.04 Å². The van der Waals surface area contributed by atoms with Gasteiger partial charge in [-0.25, -0.2) is 0 Å². The molecule has 0 aromatic rings. The average Bonchev–Trinajstić information content (AvgIpc) is 2.43. The summed E-state index contributed by atoms with van der Waals surface area (Å²) in [4.78, 5) is 11.2. The molecule has 0 radical (unpaired) electrons. The van der Waals surface area contributed by atoms with Crippen molar-refractivity contribution in [2.24, 2.45) is 5.73 Å². The molecule has 0 bridgehead atoms. The first kappa shape index (κ1) is 18.1. The molecule has 3 N–H and O–H groups in total. The maximum Gasteiger partial charge on any atom is 0.325 e. The van der Waals surface area contributed by atoms with Crippen LogP contribution >= 0.6 is 0 Å². The molecule has 0 rings (SSSR count). The first-order chi connectivity index (χ1) is 9.13. The highest BCUT2D eigenvalue weighted by Gasteiger charge is 2.21. The number of allylic oxidation sites excluding steroid dienone is 2. The summed E-state index contributed by atoms with van der Waals surface area (Å²) in [7, 11) is 1.32. The second kappa shape index (κ2) is 12.1. The zero-order valence-electron chi connectivity index (χ0n) is 12.0. The van der Waals surface area contributed by atoms with Crippen molar-refractivity contribution in [3.8, 4) is 0 Å². The Kier molecular flexibility index (Phi) is 11.6. The first-order valence-corrected chi connectivity index (χ1v) is 6.84. The van der Waals surface area contributed by atoms with Crippen molar-refractivity contribution in [1.29, 1.82) is 0 Å². The number of carbonyl (C=O) groups excluding carboxylic acids is 1. The van der Waals surface area contributed by atoms with E-state index in [9.17, 15) is 4.79 Å². The number of hydrogen-bond donors (Lipinski definition) is 2. The van der Waals surface area contributed by atoms with Crippen LogP contribution in [-0.4, -0.2) is 43.5 Å². The summed E-state index contributed by atoms with van der Waals surface area (Å²) < 4.78 is 10.0. The highest BCUT2D eigenvalue weighted by molar-refractivity contribution is 5.75. The third-order valence-electron chi connectivity index (χ3n) is 2.82. The molecule has 0 heterocycles. The summed E-state index contributed by atoms with van der Waals surface area (Å²) in [5, 5.41) is 8.60. The Hall–Kier alpha value is -0.910. The van der Waals surface area contributed by atoms with E-state index in [1.807, 2.05) is 0 Å². The second-order valence-electron chi connectivity index (χ2n) is 4.46. The molecule has 0 saturated carbocycles. The number of carbonyl (C=O) groups is 1. The molecule has 0 aliphatic rings. The molecule has 19 heavy (non-hydrogen) atoms. The third-order valence-corrected chi connectivity index (χ3v) is 2.82. The number of esters is 1. The summed E-state index contributed by atoms with van der Waals surface area (Å²) >= 11 is 0. The molecule has 0 unspecified atom stereocenters. The molecule has 0 aromatic carbocycles. The first-order valence-electron chi connectivity index (χ1n) is 6.84. The van der Waals surface area contributed by atoms with Crippen LogP contribution in [0.15, 0.2) is 12.2 Å². The minimum atomic E-state index is -0.719. The van der Waals surface area contributed by atoms with E-state index >= 15 is 0 Å². The Morgan fingerprint density at radius 2 is 1.89 bits per heavy atom. The Morgan fingerprint density at radius 1 is 1.26 bits per heavy atom. The molecule has 0 amide bonds. The minimum absolute atomic E-state index is 0.247. The fourth-order valence-corrected chi connectivity index (χ4v) is 1.51. The zero-order valence-corrected chi connectivity index (χ0v) is 12.0. The Balaban J connectivity index is 3.48. The van der Waals surface area contributed by atoms with Crippen LogP contribution in [0.3, 0.4) is 0 Å². The van der Waals surface area contributed by atoms with Gasteiger partial charge in [0.15, 0.2) is 0 Å². The highest BCUT2D eigenvalue weighted by Crippen LogP contribution is 2.03. The number of methoxy groups -OCH3 is 1. The summed E-state index contributed by atoms with van der Waals surface area (Å²) in [5.74, 6) is -0.445. The predicted octanol–water partition coefficient (Wildman–Crippen LogP) is 1.39. The molecule has 5 nitrogen and oxygen atoms in total. The lowest BCUT2D eigenvalue weighted by molar-refractivity contribution is -0.145. The van der Waals surface area contributed by atoms with Crippen LogP contribution in [0.5, 0.6) is 0 Å². The van der Waals surface area contributed by atoms with E-state index in [2.05, 4.69) is 16.9 Å². The van der Waals surface area contributed by atoms with E-state index in [0.29, 0.717) is 6.61 Å². The van der Waals surface area contributed by atoms with Gasteiger partial charge >= 0.3 is 5.97 Å². The van der Waals surface area contributed by atoms with Gasteiger partial charge in [-0.3, -0.25) is 4.79 Å². The lowest BCUT2D eigenvalue weighted by Crippen LogP contribution is -2.42. The van der Waals surface area contributed by atoms with Crippen molar-refractivity contribution in [2.45, 2.75) is 51.2 Å². The summed E-state index contributed by atoms with van der Waals surface area (Å²) in [6, 6.07) is -0.719. The molecular formula is C14H27NO4. The smallest absolute Gasteiger partial charge is 0.325 e. The highest BCUT2D eigenvalue weighted by atomic mass is 16.5. The number of aliphatic hydroxyl groups excluding tert-OH is 1. The van der Waals surface area contributed by atoms with Crippen molar-refractivity contribution in [3.63, 3.8) is 0 Å². The van der Waals surface area contributed by atoms with Crippen LogP contribution < -0.4 is 5.73 Å². The maximum atomic E-state index is 11.2. The molecule has 0 fully saturated rings. The molecule has 0 aliphatic carbocycles. The number of unbranched alkanes of at least 4 members (excludes halogenated alkanes) is 3. The van der Waals surface area contributed by atoms with E-state index in [0.717, 1.165) is 32.1 Å². The maximum absolute atomic E-state index is 11.2. The number of aliphatic hydroxyl groups is 1. The van der Waals surface area contributed by atoms with Gasteiger partial charge < -0.3 is 20.3 Å². The van der Waals surface area contributed by atoms with Crippen LogP contribution in [0.2, 0.25) is 0 Å². The van der Waals surface area contributed by atoms with E-state index < -0.39 is 12.0 Å². The lowest BCUT2D eigenvalue weighted by Gasteiger charge is -2.18. The summed E-state index contributed by atoms with van der Waals surface area (Å²) in [6.45, 7) is 2.61. The fraction of sp³-hybridized carbons (Fsp3) is 0.786. The quantitative estimate of drug-likeness (QED) is 0.338. The predicted molar refractivity (Wildman–Crippen MR) is 74.7 cm³/mol. The SMILES string of the molecule is COC(=O)[C@@H](N)[C@@H](C)OCCCC/C=C\CCCO. The number of rotatable bonds is 11. The molecule has 0 spiro atoms.